The van der Waals surface area contributed by atoms with E-state index in [1.807, 2.05) is 40.0 Å². The van der Waals surface area contributed by atoms with Gasteiger partial charge in [0.05, 0.1) is 24.9 Å². The first-order valence-electron chi connectivity index (χ1n) is 20.0. The Bertz CT molecular complexity index is 2140. The van der Waals surface area contributed by atoms with E-state index in [0.29, 0.717) is 50.8 Å². The number of nitrogens with one attached hydrogen (secondary N) is 3. The van der Waals surface area contributed by atoms with Crippen LogP contribution < -0.4 is 25.4 Å². The Morgan fingerprint density at radius 3 is 2.44 bits per heavy atom. The molecule has 8 atom stereocenters. The van der Waals surface area contributed by atoms with Crippen molar-refractivity contribution in [1.29, 1.82) is 0 Å². The second kappa shape index (κ2) is 16.3. The minimum absolute atomic E-state index is 0.0107. The second-order valence-corrected chi connectivity index (χ2v) is 18.2. The fourth-order valence-electron chi connectivity index (χ4n) is 8.15. The van der Waals surface area contributed by atoms with E-state index < -0.39 is 64.9 Å². The van der Waals surface area contributed by atoms with Gasteiger partial charge in [0.25, 0.3) is 0 Å². The molecule has 2 aromatic heterocycles. The van der Waals surface area contributed by atoms with Crippen molar-refractivity contribution in [2.45, 2.75) is 103 Å². The molecule has 1 saturated heterocycles. The number of carboxylic acids is 1. The van der Waals surface area contributed by atoms with Crippen molar-refractivity contribution in [3.8, 4) is 22.9 Å². The predicted molar refractivity (Wildman–Crippen MR) is 218 cm³/mol. The molecule has 3 aromatic rings. The standard InChI is InChI=1S/C42H52N6O10S/c1-8-24-17-42(24,38(52)53)47-36(50)32-15-27(18-48(32)37(51)35(41(4,5)6)46-40(54)58-26-12-22-11-23(22)13-26)57-33-16-30(31-20-59-39(45-31)43-21(2)3)44-29-14-25(9-10-28(29)33)56-19-34(49)55-7/h8-10,14,16,20-24,26-27,32,35H,1,11-13,15,17-19H2,2-7H3,(H,43,45)(H,46,54)(H,47,50)(H,52,53)/t22-,23+,24?,26+,27?,32-,35+,42+/m0/s1. The second-order valence-electron chi connectivity index (χ2n) is 17.4. The summed E-state index contributed by atoms with van der Waals surface area (Å²) in [5.41, 5.74) is -0.822. The van der Waals surface area contributed by atoms with Crippen LogP contribution in [0.4, 0.5) is 9.93 Å². The molecule has 3 aliphatic carbocycles. The monoisotopic (exact) mass is 832 g/mol. The average Bonchev–Trinajstić information content (AvgIpc) is 3.85. The number of alkyl carbamates (subject to hydrolysis) is 1. The molecular weight excluding hydrogens is 781 g/mol. The summed E-state index contributed by atoms with van der Waals surface area (Å²) in [5.74, 6) is -1.49. The molecular formula is C42H52N6O10S. The molecule has 4 N–H and O–H groups in total. The van der Waals surface area contributed by atoms with E-state index in [2.05, 4.69) is 22.5 Å². The van der Waals surface area contributed by atoms with E-state index in [4.69, 9.17) is 28.9 Å². The van der Waals surface area contributed by atoms with Crippen molar-refractivity contribution in [3.05, 3.63) is 42.3 Å². The van der Waals surface area contributed by atoms with Crippen LogP contribution in [0.15, 0.2) is 42.3 Å². The van der Waals surface area contributed by atoms with Crippen LogP contribution in [0.1, 0.15) is 66.7 Å². The summed E-state index contributed by atoms with van der Waals surface area (Å²) in [6, 6.07) is 4.72. The van der Waals surface area contributed by atoms with Gasteiger partial charge >= 0.3 is 18.0 Å². The van der Waals surface area contributed by atoms with Crippen LogP contribution in [-0.2, 0) is 28.7 Å². The number of carbonyl (C=O) groups excluding carboxylic acids is 4. The molecule has 3 amide bonds. The topological polar surface area (TPSA) is 208 Å². The molecule has 1 aliphatic heterocycles. The first-order chi connectivity index (χ1) is 28.0. The Morgan fingerprint density at radius 1 is 1.05 bits per heavy atom. The van der Waals surface area contributed by atoms with E-state index in [-0.39, 0.29) is 38.1 Å². The molecule has 17 heteroatoms. The number of nitrogens with zero attached hydrogens (tertiary/aromatic N) is 3. The molecule has 7 rings (SSSR count). The average molecular weight is 833 g/mol. The molecule has 316 valence electrons. The lowest BCUT2D eigenvalue weighted by Crippen LogP contribution is -2.59. The summed E-state index contributed by atoms with van der Waals surface area (Å²) < 4.78 is 22.8. The number of ether oxygens (including phenoxy) is 4. The smallest absolute Gasteiger partial charge is 0.408 e. The minimum Gasteiger partial charge on any atom is -0.488 e. The van der Waals surface area contributed by atoms with Crippen LogP contribution in [0.5, 0.6) is 11.5 Å². The fraction of sp³-hybridized carbons (Fsp3) is 0.548. The lowest BCUT2D eigenvalue weighted by Gasteiger charge is -2.35. The van der Waals surface area contributed by atoms with E-state index in [0.717, 1.165) is 19.3 Å². The third-order valence-electron chi connectivity index (χ3n) is 11.5. The fourth-order valence-corrected chi connectivity index (χ4v) is 9.00. The summed E-state index contributed by atoms with van der Waals surface area (Å²) >= 11 is 1.42. The highest BCUT2D eigenvalue weighted by atomic mass is 32.1. The van der Waals surface area contributed by atoms with Gasteiger partial charge in [-0.2, -0.15) is 0 Å². The van der Waals surface area contributed by atoms with Gasteiger partial charge in [0, 0.05) is 41.3 Å². The quantitative estimate of drug-likeness (QED) is 0.115. The molecule has 0 spiro atoms. The number of fused-ring (bicyclic) bond motifs is 2. The predicted octanol–water partition coefficient (Wildman–Crippen LogP) is 5.16. The van der Waals surface area contributed by atoms with Crippen LogP contribution in [0, 0.1) is 23.2 Å². The zero-order chi connectivity index (χ0) is 42.4. The van der Waals surface area contributed by atoms with Crippen molar-refractivity contribution < 1.29 is 48.0 Å². The number of benzene rings is 1. The largest absolute Gasteiger partial charge is 0.488 e. The van der Waals surface area contributed by atoms with E-state index in [9.17, 15) is 29.1 Å². The number of aliphatic carboxylic acids is 1. The van der Waals surface area contributed by atoms with E-state index in [1.165, 1.54) is 29.4 Å². The molecule has 0 radical (unpaired) electrons. The zero-order valence-corrected chi connectivity index (χ0v) is 34.9. The van der Waals surface area contributed by atoms with Gasteiger partial charge in [-0.15, -0.1) is 17.9 Å². The first-order valence-corrected chi connectivity index (χ1v) is 20.8. The zero-order valence-electron chi connectivity index (χ0n) is 34.1. The molecule has 1 aromatic carbocycles. The minimum atomic E-state index is -1.54. The number of methoxy groups -OCH3 is 1. The SMILES string of the molecule is C=CC1C[C@]1(NC(=O)[C@@H]1CC(Oc2cc(-c3csc(NC(C)C)n3)nc3cc(OCC(=O)OC)ccc23)CN1C(=O)[C@@H](NC(=O)O[C@@H]1C[C@@H]2C[C@@H]2C1)C(C)(C)C)C(=O)O. The molecule has 4 fully saturated rings. The van der Waals surface area contributed by atoms with Gasteiger partial charge in [0.15, 0.2) is 11.7 Å². The molecule has 4 aliphatic rings. The molecule has 16 nitrogen and oxygen atoms in total. The lowest BCUT2D eigenvalue weighted by molar-refractivity contribution is -0.146. The van der Waals surface area contributed by atoms with E-state index in [1.54, 1.807) is 24.3 Å². The maximum Gasteiger partial charge on any atom is 0.408 e. The highest BCUT2D eigenvalue weighted by Gasteiger charge is 2.61. The number of anilines is 1. The highest BCUT2D eigenvalue weighted by molar-refractivity contribution is 7.14. The maximum atomic E-state index is 14.7. The van der Waals surface area contributed by atoms with Gasteiger partial charge in [-0.25, -0.2) is 24.4 Å². The molecule has 59 heavy (non-hydrogen) atoms. The summed E-state index contributed by atoms with van der Waals surface area (Å²) in [6.07, 6.45) is 2.78. The van der Waals surface area contributed by atoms with Crippen molar-refractivity contribution in [2.75, 3.05) is 25.6 Å². The number of thiazole rings is 1. The summed E-state index contributed by atoms with van der Waals surface area (Å²) in [6.45, 7) is 12.8. The van der Waals surface area contributed by atoms with Gasteiger partial charge in [-0.05, 0) is 68.9 Å². The lowest BCUT2D eigenvalue weighted by atomic mass is 9.85. The number of hydrogen-bond donors (Lipinski definition) is 4. The molecule has 3 heterocycles. The Kier molecular flexibility index (Phi) is 11.5. The van der Waals surface area contributed by atoms with E-state index >= 15 is 0 Å². The van der Waals surface area contributed by atoms with Gasteiger partial charge in [0.1, 0.15) is 47.0 Å². The number of aromatic nitrogens is 2. The Morgan fingerprint density at radius 2 is 1.80 bits per heavy atom. The number of esters is 1. The van der Waals surface area contributed by atoms with Gasteiger partial charge in [-0.3, -0.25) is 9.59 Å². The third kappa shape index (κ3) is 9.09. The molecule has 3 saturated carbocycles. The summed E-state index contributed by atoms with van der Waals surface area (Å²) in [5, 5.41) is 22.1. The number of likely N-dealkylation sites (tertiary alicyclic amines) is 1. The third-order valence-corrected chi connectivity index (χ3v) is 12.3. The first kappa shape index (κ1) is 41.7. The van der Waals surface area contributed by atoms with Crippen molar-refractivity contribution >= 4 is 57.2 Å². The number of rotatable bonds is 15. The molecule has 2 unspecified atom stereocenters. The number of amides is 3. The van der Waals surface area contributed by atoms with Crippen molar-refractivity contribution in [3.63, 3.8) is 0 Å². The van der Waals surface area contributed by atoms with Crippen molar-refractivity contribution in [2.24, 2.45) is 23.2 Å². The van der Waals surface area contributed by atoms with Crippen LogP contribution in [-0.4, -0.2) is 106 Å². The number of carboxylic acid groups (broad SMARTS) is 1. The number of pyridine rings is 1. The Labute approximate surface area is 346 Å². The highest BCUT2D eigenvalue weighted by Crippen LogP contribution is 2.52. The number of hydrogen-bond acceptors (Lipinski definition) is 13. The van der Waals surface area contributed by atoms with Gasteiger partial charge in [0.2, 0.25) is 11.8 Å². The normalized spacial score (nSPS) is 26.1. The Balaban J connectivity index is 1.19. The Hall–Kier alpha value is -5.45. The molecule has 0 bridgehead atoms. The van der Waals surface area contributed by atoms with Crippen LogP contribution in [0.25, 0.3) is 22.3 Å². The van der Waals surface area contributed by atoms with Gasteiger partial charge in [-0.1, -0.05) is 26.8 Å². The maximum absolute atomic E-state index is 14.7. The van der Waals surface area contributed by atoms with Crippen LogP contribution >= 0.6 is 11.3 Å². The van der Waals surface area contributed by atoms with Crippen LogP contribution in [0.3, 0.4) is 0 Å². The van der Waals surface area contributed by atoms with Gasteiger partial charge < -0.3 is 44.9 Å². The summed E-state index contributed by atoms with van der Waals surface area (Å²) in [4.78, 5) is 77.4. The van der Waals surface area contributed by atoms with Crippen molar-refractivity contribution in [1.82, 2.24) is 25.5 Å². The number of carbonyl (C=O) groups is 5. The summed E-state index contributed by atoms with van der Waals surface area (Å²) in [7, 11) is 1.27. The van der Waals surface area contributed by atoms with Crippen LogP contribution in [0.2, 0.25) is 0 Å².